The Morgan fingerprint density at radius 1 is 0.769 bits per heavy atom. The Balaban J connectivity index is 2.08. The molecule has 0 aliphatic carbocycles. The molecule has 1 rings (SSSR count). The third-order valence-electron chi connectivity index (χ3n) is 4.62. The van der Waals surface area contributed by atoms with Gasteiger partial charge in [0.05, 0.1) is 12.8 Å². The summed E-state index contributed by atoms with van der Waals surface area (Å²) in [7, 11) is -0.185. The molecule has 26 heavy (non-hydrogen) atoms. The summed E-state index contributed by atoms with van der Waals surface area (Å²) in [6.45, 7) is 3.02. The van der Waals surface area contributed by atoms with Gasteiger partial charge in [0.1, 0.15) is 5.75 Å². The SMILES string of the molecule is CCCCCCCCCCCCOc1ccc(CP(=O)(OC)OC)cc1. The van der Waals surface area contributed by atoms with Crippen molar-refractivity contribution in [3.63, 3.8) is 0 Å². The largest absolute Gasteiger partial charge is 0.494 e. The molecule has 0 aromatic heterocycles. The first kappa shape index (κ1) is 23.2. The molecule has 0 aliphatic heterocycles. The van der Waals surface area contributed by atoms with Gasteiger partial charge in [0.15, 0.2) is 0 Å². The van der Waals surface area contributed by atoms with Gasteiger partial charge in [0, 0.05) is 14.2 Å². The van der Waals surface area contributed by atoms with Crippen molar-refractivity contribution in [3.05, 3.63) is 29.8 Å². The topological polar surface area (TPSA) is 44.8 Å². The molecular weight excluding hydrogens is 347 g/mol. The van der Waals surface area contributed by atoms with Crippen LogP contribution in [0, 0.1) is 0 Å². The standard InChI is InChI=1S/C21H37O4P/c1-4-5-6-7-8-9-10-11-12-13-18-25-21-16-14-20(15-17-21)19-26(22,23-2)24-3/h14-17H,4-13,18-19H2,1-3H3. The van der Waals surface area contributed by atoms with E-state index in [1.54, 1.807) is 0 Å². The second-order valence-electron chi connectivity index (χ2n) is 6.81. The Morgan fingerprint density at radius 2 is 1.27 bits per heavy atom. The van der Waals surface area contributed by atoms with Crippen molar-refractivity contribution in [1.29, 1.82) is 0 Å². The van der Waals surface area contributed by atoms with Crippen molar-refractivity contribution in [2.45, 2.75) is 77.3 Å². The van der Waals surface area contributed by atoms with E-state index in [-0.39, 0.29) is 6.16 Å². The van der Waals surface area contributed by atoms with Crippen molar-refractivity contribution >= 4 is 7.60 Å². The first-order valence-corrected chi connectivity index (χ1v) is 11.8. The minimum atomic E-state index is -3.01. The number of rotatable bonds is 16. The summed E-state index contributed by atoms with van der Waals surface area (Å²) >= 11 is 0. The van der Waals surface area contributed by atoms with Crippen LogP contribution < -0.4 is 4.74 Å². The molecule has 0 heterocycles. The molecule has 0 saturated carbocycles. The molecule has 0 spiro atoms. The van der Waals surface area contributed by atoms with E-state index >= 15 is 0 Å². The summed E-state index contributed by atoms with van der Waals surface area (Å²) in [5.41, 5.74) is 0.920. The van der Waals surface area contributed by atoms with Crippen LogP contribution in [-0.4, -0.2) is 20.8 Å². The lowest BCUT2D eigenvalue weighted by atomic mass is 10.1. The molecule has 0 aliphatic rings. The zero-order valence-corrected chi connectivity index (χ0v) is 17.8. The van der Waals surface area contributed by atoms with Gasteiger partial charge in [0.25, 0.3) is 0 Å². The summed E-state index contributed by atoms with van der Waals surface area (Å²) in [5, 5.41) is 0. The van der Waals surface area contributed by atoms with Crippen molar-refractivity contribution in [3.8, 4) is 5.75 Å². The summed E-state index contributed by atoms with van der Waals surface area (Å²) < 4.78 is 27.8. The molecule has 0 bridgehead atoms. The number of unbranched alkanes of at least 4 members (excludes halogenated alkanes) is 9. The van der Waals surface area contributed by atoms with Gasteiger partial charge in [-0.05, 0) is 24.1 Å². The third-order valence-corrected chi connectivity index (χ3v) is 6.49. The normalized spacial score (nSPS) is 11.7. The van der Waals surface area contributed by atoms with Gasteiger partial charge in [-0.3, -0.25) is 4.57 Å². The molecule has 0 amide bonds. The molecule has 0 saturated heterocycles. The van der Waals surface area contributed by atoms with Gasteiger partial charge in [-0.2, -0.15) is 0 Å². The smallest absolute Gasteiger partial charge is 0.334 e. The second kappa shape index (κ2) is 14.3. The molecule has 5 heteroatoms. The summed E-state index contributed by atoms with van der Waals surface area (Å²) in [4.78, 5) is 0. The van der Waals surface area contributed by atoms with Crippen LogP contribution in [0.1, 0.15) is 76.7 Å². The van der Waals surface area contributed by atoms with E-state index in [4.69, 9.17) is 13.8 Å². The van der Waals surface area contributed by atoms with E-state index in [1.807, 2.05) is 24.3 Å². The molecule has 150 valence electrons. The fraction of sp³-hybridized carbons (Fsp3) is 0.714. The third kappa shape index (κ3) is 10.4. The Bertz CT molecular complexity index is 493. The maximum Gasteiger partial charge on any atom is 0.334 e. The predicted molar refractivity (Wildman–Crippen MR) is 109 cm³/mol. The maximum absolute atomic E-state index is 12.1. The fourth-order valence-corrected chi connectivity index (χ4v) is 3.96. The molecule has 4 nitrogen and oxygen atoms in total. The average Bonchev–Trinajstić information content (AvgIpc) is 2.67. The lowest BCUT2D eigenvalue weighted by Crippen LogP contribution is -1.98. The number of hydrogen-bond acceptors (Lipinski definition) is 4. The Kier molecular flexibility index (Phi) is 12.7. The van der Waals surface area contributed by atoms with Gasteiger partial charge >= 0.3 is 7.60 Å². The summed E-state index contributed by atoms with van der Waals surface area (Å²) in [6, 6.07) is 7.67. The Labute approximate surface area is 160 Å². The predicted octanol–water partition coefficient (Wildman–Crippen LogP) is 6.97. The van der Waals surface area contributed by atoms with Crippen LogP contribution in [0.3, 0.4) is 0 Å². The van der Waals surface area contributed by atoms with Crippen LogP contribution in [0.4, 0.5) is 0 Å². The molecule has 0 unspecified atom stereocenters. The number of hydrogen-bond donors (Lipinski definition) is 0. The van der Waals surface area contributed by atoms with Crippen LogP contribution in [0.2, 0.25) is 0 Å². The highest BCUT2D eigenvalue weighted by Crippen LogP contribution is 2.49. The van der Waals surface area contributed by atoms with Crippen molar-refractivity contribution < 1.29 is 18.3 Å². The van der Waals surface area contributed by atoms with Gasteiger partial charge in [-0.25, -0.2) is 0 Å². The van der Waals surface area contributed by atoms with Gasteiger partial charge in [-0.1, -0.05) is 76.8 Å². The Hall–Kier alpha value is -0.830. The van der Waals surface area contributed by atoms with Gasteiger partial charge in [-0.15, -0.1) is 0 Å². The van der Waals surface area contributed by atoms with Crippen LogP contribution in [0.25, 0.3) is 0 Å². The van der Waals surface area contributed by atoms with E-state index in [0.717, 1.165) is 24.3 Å². The lowest BCUT2D eigenvalue weighted by molar-refractivity contribution is 0.274. The molecular formula is C21H37O4P. The van der Waals surface area contributed by atoms with E-state index in [9.17, 15) is 4.57 Å². The first-order chi connectivity index (χ1) is 12.6. The zero-order valence-electron chi connectivity index (χ0n) is 16.9. The highest BCUT2D eigenvalue weighted by atomic mass is 31.2. The maximum atomic E-state index is 12.1. The van der Waals surface area contributed by atoms with E-state index < -0.39 is 7.60 Å². The Morgan fingerprint density at radius 3 is 1.77 bits per heavy atom. The van der Waals surface area contributed by atoms with Crippen molar-refractivity contribution in [2.75, 3.05) is 20.8 Å². The molecule has 0 fully saturated rings. The quantitative estimate of drug-likeness (QED) is 0.228. The molecule has 0 radical (unpaired) electrons. The minimum absolute atomic E-state index is 0.277. The first-order valence-electron chi connectivity index (χ1n) is 10.1. The highest BCUT2D eigenvalue weighted by Gasteiger charge is 2.21. The van der Waals surface area contributed by atoms with Gasteiger partial charge in [0.2, 0.25) is 0 Å². The molecule has 1 aromatic rings. The second-order valence-corrected chi connectivity index (χ2v) is 9.08. The summed E-state index contributed by atoms with van der Waals surface area (Å²) in [5.74, 6) is 0.856. The summed E-state index contributed by atoms with van der Waals surface area (Å²) in [6.07, 6.45) is 13.5. The molecule has 0 N–H and O–H groups in total. The van der Waals surface area contributed by atoms with Crippen LogP contribution in [0.5, 0.6) is 5.75 Å². The molecule has 1 aromatic carbocycles. The van der Waals surface area contributed by atoms with Crippen LogP contribution in [0.15, 0.2) is 24.3 Å². The van der Waals surface area contributed by atoms with Gasteiger partial charge < -0.3 is 13.8 Å². The van der Waals surface area contributed by atoms with Crippen molar-refractivity contribution in [1.82, 2.24) is 0 Å². The van der Waals surface area contributed by atoms with E-state index in [1.165, 1.54) is 72.0 Å². The average molecular weight is 384 g/mol. The lowest BCUT2D eigenvalue weighted by Gasteiger charge is -2.13. The zero-order chi connectivity index (χ0) is 19.1. The monoisotopic (exact) mass is 384 g/mol. The molecule has 0 atom stereocenters. The van der Waals surface area contributed by atoms with E-state index in [2.05, 4.69) is 6.92 Å². The van der Waals surface area contributed by atoms with Crippen LogP contribution >= 0.6 is 7.60 Å². The van der Waals surface area contributed by atoms with E-state index in [0.29, 0.717) is 0 Å². The fourth-order valence-electron chi connectivity index (χ4n) is 2.90. The number of benzene rings is 1. The van der Waals surface area contributed by atoms with Crippen molar-refractivity contribution in [2.24, 2.45) is 0 Å². The minimum Gasteiger partial charge on any atom is -0.494 e. The van der Waals surface area contributed by atoms with Crippen LogP contribution in [-0.2, 0) is 19.8 Å². The number of ether oxygens (including phenoxy) is 1. The highest BCUT2D eigenvalue weighted by molar-refractivity contribution is 7.52.